The first-order valence-corrected chi connectivity index (χ1v) is 13.6. The summed E-state index contributed by atoms with van der Waals surface area (Å²) in [5.74, 6) is 0.309. The van der Waals surface area contributed by atoms with Gasteiger partial charge in [0.25, 0.3) is 0 Å². The minimum Gasteiger partial charge on any atom is -0.507 e. The molecule has 0 radical (unpaired) electrons. The number of methoxy groups -OCH3 is 1. The molecule has 200 valence electrons. The van der Waals surface area contributed by atoms with E-state index in [9.17, 15) is 14.7 Å². The average molecular weight is 525 g/mol. The van der Waals surface area contributed by atoms with Crippen molar-refractivity contribution >= 4 is 35.0 Å². The number of amidine groups is 1. The van der Waals surface area contributed by atoms with Gasteiger partial charge in [-0.2, -0.15) is 0 Å². The predicted molar refractivity (Wildman–Crippen MR) is 151 cm³/mol. The number of aromatic hydroxyl groups is 1. The molecular weight excluding hydrogens is 484 g/mol. The number of phenols is 1. The number of nitrogens with one attached hydrogen (secondary N) is 1. The van der Waals surface area contributed by atoms with E-state index in [1.54, 1.807) is 6.07 Å². The third kappa shape index (κ3) is 6.32. The highest BCUT2D eigenvalue weighted by Crippen LogP contribution is 2.40. The first kappa shape index (κ1) is 28.6. The number of thiophene rings is 1. The molecule has 7 heteroatoms. The number of ether oxygens (including phenoxy) is 1. The SMILES string of the molecule is CCCC1CN(CC(=O)c2cc(C(C)(C)C)c(O)c(C(C)(C)C)c2)C(=N)/C1=C/c1ccc(C(=O)OC)s1. The van der Waals surface area contributed by atoms with E-state index in [1.807, 2.05) is 70.7 Å². The van der Waals surface area contributed by atoms with E-state index in [0.717, 1.165) is 34.4 Å². The highest BCUT2D eigenvalue weighted by atomic mass is 32.1. The fraction of sp³-hybridized carbons (Fsp3) is 0.500. The van der Waals surface area contributed by atoms with Crippen LogP contribution in [0.4, 0.5) is 0 Å². The lowest BCUT2D eigenvalue weighted by Crippen LogP contribution is -2.31. The molecule has 2 aromatic rings. The van der Waals surface area contributed by atoms with Gasteiger partial charge in [0.05, 0.1) is 13.7 Å². The number of esters is 1. The zero-order valence-corrected chi connectivity index (χ0v) is 24.1. The number of ketones is 1. The fourth-order valence-corrected chi connectivity index (χ4v) is 5.63. The molecular formula is C30H40N2O4S. The number of hydrogen-bond acceptors (Lipinski definition) is 6. The van der Waals surface area contributed by atoms with Crippen molar-refractivity contribution in [2.45, 2.75) is 72.1 Å². The van der Waals surface area contributed by atoms with E-state index in [2.05, 4.69) is 6.92 Å². The molecule has 0 saturated carbocycles. The Kier molecular flexibility index (Phi) is 8.37. The number of carbonyl (C=O) groups is 2. The van der Waals surface area contributed by atoms with Gasteiger partial charge in [-0.15, -0.1) is 11.3 Å². The molecule has 1 unspecified atom stereocenters. The zero-order valence-electron chi connectivity index (χ0n) is 23.3. The Labute approximate surface area is 224 Å². The molecule has 1 saturated heterocycles. The molecule has 2 heterocycles. The number of carbonyl (C=O) groups excluding carboxylic acids is 2. The van der Waals surface area contributed by atoms with E-state index in [4.69, 9.17) is 10.1 Å². The van der Waals surface area contributed by atoms with Crippen molar-refractivity contribution in [2.75, 3.05) is 20.2 Å². The normalized spacial score (nSPS) is 17.5. The summed E-state index contributed by atoms with van der Waals surface area (Å²) >= 11 is 1.34. The Morgan fingerprint density at radius 3 is 2.24 bits per heavy atom. The number of hydrogen-bond donors (Lipinski definition) is 2. The van der Waals surface area contributed by atoms with Crippen LogP contribution in [-0.4, -0.2) is 47.8 Å². The van der Waals surface area contributed by atoms with E-state index < -0.39 is 0 Å². The molecule has 1 aliphatic heterocycles. The van der Waals surface area contributed by atoms with Gasteiger partial charge in [-0.1, -0.05) is 54.9 Å². The predicted octanol–water partition coefficient (Wildman–Crippen LogP) is 6.81. The summed E-state index contributed by atoms with van der Waals surface area (Å²) in [5, 5.41) is 19.9. The van der Waals surface area contributed by atoms with E-state index in [-0.39, 0.29) is 40.8 Å². The number of benzene rings is 1. The lowest BCUT2D eigenvalue weighted by molar-refractivity contribution is 0.0606. The second-order valence-electron chi connectivity index (χ2n) is 11.9. The van der Waals surface area contributed by atoms with Gasteiger partial charge in [-0.3, -0.25) is 10.2 Å². The van der Waals surface area contributed by atoms with Gasteiger partial charge in [-0.25, -0.2) is 4.79 Å². The number of phenolic OH excluding ortho intramolecular Hbond substituents is 1. The van der Waals surface area contributed by atoms with Crippen molar-refractivity contribution in [3.05, 3.63) is 56.3 Å². The smallest absolute Gasteiger partial charge is 0.348 e. The monoisotopic (exact) mass is 524 g/mol. The van der Waals surface area contributed by atoms with E-state index in [0.29, 0.717) is 22.8 Å². The van der Waals surface area contributed by atoms with Crippen molar-refractivity contribution in [1.29, 1.82) is 5.41 Å². The molecule has 2 N–H and O–H groups in total. The van der Waals surface area contributed by atoms with Gasteiger partial charge in [0, 0.05) is 39.6 Å². The molecule has 6 nitrogen and oxygen atoms in total. The summed E-state index contributed by atoms with van der Waals surface area (Å²) in [4.78, 5) is 28.7. The first-order valence-electron chi connectivity index (χ1n) is 12.8. The fourth-order valence-electron chi connectivity index (χ4n) is 4.75. The van der Waals surface area contributed by atoms with Gasteiger partial charge in [0.2, 0.25) is 0 Å². The number of Topliss-reactive ketones (excluding diaryl/α,β-unsaturated/α-hetero) is 1. The highest BCUT2D eigenvalue weighted by molar-refractivity contribution is 7.14. The van der Waals surface area contributed by atoms with Gasteiger partial charge >= 0.3 is 5.97 Å². The molecule has 1 fully saturated rings. The molecule has 37 heavy (non-hydrogen) atoms. The summed E-state index contributed by atoms with van der Waals surface area (Å²) in [7, 11) is 1.36. The third-order valence-electron chi connectivity index (χ3n) is 6.80. The second kappa shape index (κ2) is 10.8. The maximum Gasteiger partial charge on any atom is 0.348 e. The van der Waals surface area contributed by atoms with Gasteiger partial charge in [0.15, 0.2) is 5.78 Å². The summed E-state index contributed by atoms with van der Waals surface area (Å²) in [6, 6.07) is 7.23. The van der Waals surface area contributed by atoms with Crippen LogP contribution in [0.15, 0.2) is 29.8 Å². The van der Waals surface area contributed by atoms with E-state index >= 15 is 0 Å². The minimum atomic E-state index is -0.369. The number of likely N-dealkylation sites (tertiary alicyclic amines) is 1. The van der Waals surface area contributed by atoms with Crippen LogP contribution in [0.1, 0.15) is 97.3 Å². The van der Waals surface area contributed by atoms with Crippen LogP contribution in [0.2, 0.25) is 0 Å². The third-order valence-corrected chi connectivity index (χ3v) is 7.81. The van der Waals surface area contributed by atoms with Gasteiger partial charge < -0.3 is 14.7 Å². The van der Waals surface area contributed by atoms with Crippen LogP contribution >= 0.6 is 11.3 Å². The van der Waals surface area contributed by atoms with Crippen molar-refractivity contribution in [3.63, 3.8) is 0 Å². The van der Waals surface area contributed by atoms with Crippen LogP contribution < -0.4 is 0 Å². The number of nitrogens with zero attached hydrogens (tertiary/aromatic N) is 1. The van der Waals surface area contributed by atoms with Crippen molar-refractivity contribution in [1.82, 2.24) is 4.90 Å². The molecule has 1 aromatic heterocycles. The average Bonchev–Trinajstić information content (AvgIpc) is 3.38. The maximum atomic E-state index is 13.6. The maximum absolute atomic E-state index is 13.6. The topological polar surface area (TPSA) is 90.7 Å². The largest absolute Gasteiger partial charge is 0.507 e. The Bertz CT molecular complexity index is 1190. The van der Waals surface area contributed by atoms with Crippen LogP contribution in [0.5, 0.6) is 5.75 Å². The molecule has 1 atom stereocenters. The Morgan fingerprint density at radius 2 is 1.73 bits per heavy atom. The molecule has 0 amide bonds. The van der Waals surface area contributed by atoms with Crippen LogP contribution in [0.3, 0.4) is 0 Å². The summed E-state index contributed by atoms with van der Waals surface area (Å²) in [6.45, 7) is 15.0. The summed E-state index contributed by atoms with van der Waals surface area (Å²) in [6.07, 6.45) is 3.85. The summed E-state index contributed by atoms with van der Waals surface area (Å²) in [5.41, 5.74) is 2.31. The molecule has 0 aliphatic carbocycles. The molecule has 1 aromatic carbocycles. The molecule has 3 rings (SSSR count). The van der Waals surface area contributed by atoms with E-state index in [1.165, 1.54) is 18.4 Å². The van der Waals surface area contributed by atoms with Crippen LogP contribution in [0.25, 0.3) is 6.08 Å². The Hall–Kier alpha value is -2.93. The Morgan fingerprint density at radius 1 is 1.14 bits per heavy atom. The van der Waals surface area contributed by atoms with Gasteiger partial charge in [0.1, 0.15) is 16.5 Å². The molecule has 0 bridgehead atoms. The molecule has 0 spiro atoms. The number of rotatable bonds is 7. The van der Waals surface area contributed by atoms with Crippen LogP contribution in [-0.2, 0) is 15.6 Å². The quantitative estimate of drug-likeness (QED) is 0.307. The van der Waals surface area contributed by atoms with Gasteiger partial charge in [-0.05, 0) is 47.6 Å². The van der Waals surface area contributed by atoms with Crippen molar-refractivity contribution in [3.8, 4) is 5.75 Å². The second-order valence-corrected chi connectivity index (χ2v) is 13.0. The standard InChI is InChI=1S/C30H40N2O4S/c1-9-10-18-16-32(27(31)21(18)15-20-11-12-25(37-20)28(35)36-8)17-24(33)19-13-22(29(2,3)4)26(34)23(14-19)30(5,6)7/h11-15,18,31,34H,9-10,16-17H2,1-8H3/b21-15+,31-27?. The molecule has 1 aliphatic rings. The Balaban J connectivity index is 1.92. The lowest BCUT2D eigenvalue weighted by Gasteiger charge is -2.28. The lowest BCUT2D eigenvalue weighted by atomic mass is 9.78. The highest BCUT2D eigenvalue weighted by Gasteiger charge is 2.34. The summed E-state index contributed by atoms with van der Waals surface area (Å²) < 4.78 is 4.82. The van der Waals surface area contributed by atoms with Crippen LogP contribution in [0, 0.1) is 11.3 Å². The minimum absolute atomic E-state index is 0.0682. The zero-order chi connectivity index (χ0) is 27.7. The van der Waals surface area contributed by atoms with Crippen molar-refractivity contribution < 1.29 is 19.4 Å². The van der Waals surface area contributed by atoms with Crippen molar-refractivity contribution in [2.24, 2.45) is 5.92 Å². The first-order chi connectivity index (χ1) is 17.2.